The standard InChI is InChI=1S/C26H34ClFN2O4/c1-17-13-30(14-19-4-6-21(27)7-5-19)18(2)10-23(17)29-15-26(3,33)16-34-24-9-8-22(28)11-20(24)12-25(31)32/h4-9,11,17-18,23,29,33H,10,12-16H2,1-3H3,(H,31,32)/t17-,18-,23?,26?/m0/s1. The minimum Gasteiger partial charge on any atom is -0.490 e. The van der Waals surface area contributed by atoms with Crippen molar-refractivity contribution in [2.24, 2.45) is 5.92 Å². The highest BCUT2D eigenvalue weighted by atomic mass is 35.5. The Morgan fingerprint density at radius 1 is 1.26 bits per heavy atom. The van der Waals surface area contributed by atoms with Gasteiger partial charge in [-0.25, -0.2) is 4.39 Å². The van der Waals surface area contributed by atoms with Crippen molar-refractivity contribution in [1.29, 1.82) is 0 Å². The number of rotatable bonds is 10. The fraction of sp³-hybridized carbons (Fsp3) is 0.500. The Balaban J connectivity index is 1.51. The molecule has 0 aromatic heterocycles. The number of likely N-dealkylation sites (tertiary alicyclic amines) is 1. The first-order chi connectivity index (χ1) is 16.0. The number of halogens is 2. The van der Waals surface area contributed by atoms with Gasteiger partial charge in [0, 0.05) is 42.3 Å². The number of hydrogen-bond acceptors (Lipinski definition) is 5. The molecular weight excluding hydrogens is 459 g/mol. The van der Waals surface area contributed by atoms with Crippen LogP contribution >= 0.6 is 11.6 Å². The van der Waals surface area contributed by atoms with E-state index >= 15 is 0 Å². The SMILES string of the molecule is C[C@H]1CN(Cc2ccc(Cl)cc2)[C@@H](C)CC1NCC(C)(O)COc1ccc(F)cc1CC(=O)O. The number of benzene rings is 2. The minimum atomic E-state index is -1.18. The fourth-order valence-corrected chi connectivity index (χ4v) is 4.51. The molecule has 0 aliphatic carbocycles. The van der Waals surface area contributed by atoms with Gasteiger partial charge in [0.15, 0.2) is 0 Å². The van der Waals surface area contributed by atoms with E-state index in [4.69, 9.17) is 21.4 Å². The van der Waals surface area contributed by atoms with E-state index < -0.39 is 17.4 Å². The number of aliphatic hydroxyl groups is 1. The van der Waals surface area contributed by atoms with Crippen molar-refractivity contribution in [2.75, 3.05) is 19.7 Å². The summed E-state index contributed by atoms with van der Waals surface area (Å²) in [6.07, 6.45) is 0.601. The lowest BCUT2D eigenvalue weighted by atomic mass is 9.88. The molecular formula is C26H34ClFN2O4. The molecule has 2 aromatic carbocycles. The van der Waals surface area contributed by atoms with Gasteiger partial charge in [-0.1, -0.05) is 30.7 Å². The number of aliphatic carboxylic acids is 1. The zero-order chi connectivity index (χ0) is 24.9. The van der Waals surface area contributed by atoms with Crippen LogP contribution in [0.1, 0.15) is 38.3 Å². The van der Waals surface area contributed by atoms with Gasteiger partial charge in [-0.2, -0.15) is 0 Å². The monoisotopic (exact) mass is 492 g/mol. The minimum absolute atomic E-state index is 0.0440. The molecule has 1 aliphatic heterocycles. The van der Waals surface area contributed by atoms with Crippen molar-refractivity contribution < 1.29 is 24.1 Å². The second-order valence-electron chi connectivity index (χ2n) is 9.71. The van der Waals surface area contributed by atoms with E-state index in [1.807, 2.05) is 12.1 Å². The van der Waals surface area contributed by atoms with Crippen LogP contribution in [0.3, 0.4) is 0 Å². The summed E-state index contributed by atoms with van der Waals surface area (Å²) in [5, 5.41) is 24.1. The van der Waals surface area contributed by atoms with E-state index in [9.17, 15) is 14.3 Å². The molecule has 3 N–H and O–H groups in total. The van der Waals surface area contributed by atoms with Gasteiger partial charge in [-0.05, 0) is 62.1 Å². The summed E-state index contributed by atoms with van der Waals surface area (Å²) in [6.45, 7) is 8.19. The molecule has 4 atom stereocenters. The Hall–Kier alpha value is -2.19. The summed E-state index contributed by atoms with van der Waals surface area (Å²) in [7, 11) is 0. The second kappa shape index (κ2) is 11.5. The molecule has 0 spiro atoms. The van der Waals surface area contributed by atoms with Gasteiger partial charge in [-0.15, -0.1) is 0 Å². The van der Waals surface area contributed by atoms with Gasteiger partial charge < -0.3 is 20.3 Å². The first-order valence-corrected chi connectivity index (χ1v) is 12.0. The Labute approximate surface area is 205 Å². The molecule has 1 aliphatic rings. The van der Waals surface area contributed by atoms with E-state index in [1.165, 1.54) is 17.7 Å². The number of nitrogens with zero attached hydrogens (tertiary/aromatic N) is 1. The van der Waals surface area contributed by atoms with Gasteiger partial charge in [-0.3, -0.25) is 9.69 Å². The highest BCUT2D eigenvalue weighted by molar-refractivity contribution is 6.30. The van der Waals surface area contributed by atoms with Gasteiger partial charge in [0.25, 0.3) is 0 Å². The van der Waals surface area contributed by atoms with Crippen LogP contribution in [0.4, 0.5) is 4.39 Å². The Morgan fingerprint density at radius 2 is 1.97 bits per heavy atom. The lowest BCUT2D eigenvalue weighted by Gasteiger charge is -2.43. The summed E-state index contributed by atoms with van der Waals surface area (Å²) >= 11 is 6.00. The lowest BCUT2D eigenvalue weighted by Crippen LogP contribution is -2.55. The average molecular weight is 493 g/mol. The van der Waals surface area contributed by atoms with E-state index in [0.717, 1.165) is 30.6 Å². The smallest absolute Gasteiger partial charge is 0.307 e. The second-order valence-corrected chi connectivity index (χ2v) is 10.1. The van der Waals surface area contributed by atoms with E-state index in [1.54, 1.807) is 6.92 Å². The molecule has 0 amide bonds. The highest BCUT2D eigenvalue weighted by Crippen LogP contribution is 2.26. The summed E-state index contributed by atoms with van der Waals surface area (Å²) in [4.78, 5) is 13.5. The quantitative estimate of drug-likeness (QED) is 0.463. The lowest BCUT2D eigenvalue weighted by molar-refractivity contribution is -0.136. The highest BCUT2D eigenvalue weighted by Gasteiger charge is 2.32. The van der Waals surface area contributed by atoms with Crippen LogP contribution in [0.5, 0.6) is 5.75 Å². The zero-order valence-corrected chi connectivity index (χ0v) is 20.7. The predicted octanol–water partition coefficient (Wildman–Crippen LogP) is 4.12. The zero-order valence-electron chi connectivity index (χ0n) is 19.9. The van der Waals surface area contributed by atoms with Gasteiger partial charge >= 0.3 is 5.97 Å². The summed E-state index contributed by atoms with van der Waals surface area (Å²) in [5.74, 6) is -0.946. The average Bonchev–Trinajstić information content (AvgIpc) is 2.76. The molecule has 8 heteroatoms. The van der Waals surface area contributed by atoms with Crippen LogP contribution in [0, 0.1) is 11.7 Å². The van der Waals surface area contributed by atoms with Crippen molar-refractivity contribution in [3.63, 3.8) is 0 Å². The third-order valence-electron chi connectivity index (χ3n) is 6.37. The number of carboxylic acid groups (broad SMARTS) is 1. The van der Waals surface area contributed by atoms with Crippen molar-refractivity contribution >= 4 is 17.6 Å². The fourth-order valence-electron chi connectivity index (χ4n) is 4.38. The first-order valence-electron chi connectivity index (χ1n) is 11.6. The maximum absolute atomic E-state index is 13.5. The molecule has 2 unspecified atom stereocenters. The van der Waals surface area contributed by atoms with Crippen molar-refractivity contribution in [3.8, 4) is 5.75 Å². The molecule has 1 fully saturated rings. The topological polar surface area (TPSA) is 82.0 Å². The van der Waals surface area contributed by atoms with Crippen LogP contribution < -0.4 is 10.1 Å². The van der Waals surface area contributed by atoms with Crippen molar-refractivity contribution in [3.05, 3.63) is 64.4 Å². The third kappa shape index (κ3) is 7.67. The normalized spacial score (nSPS) is 22.8. The van der Waals surface area contributed by atoms with Crippen LogP contribution in [-0.2, 0) is 17.8 Å². The summed E-state index contributed by atoms with van der Waals surface area (Å²) in [6, 6.07) is 12.3. The van der Waals surface area contributed by atoms with Crippen molar-refractivity contribution in [2.45, 2.75) is 57.8 Å². The third-order valence-corrected chi connectivity index (χ3v) is 6.63. The predicted molar refractivity (Wildman–Crippen MR) is 131 cm³/mol. The number of carboxylic acids is 1. The summed E-state index contributed by atoms with van der Waals surface area (Å²) < 4.78 is 19.2. The summed E-state index contributed by atoms with van der Waals surface area (Å²) in [5.41, 5.74) is 0.294. The van der Waals surface area contributed by atoms with Crippen LogP contribution in [-0.4, -0.2) is 58.5 Å². The van der Waals surface area contributed by atoms with Crippen LogP contribution in [0.2, 0.25) is 5.02 Å². The number of hydrogen-bond donors (Lipinski definition) is 3. The van der Waals surface area contributed by atoms with Crippen LogP contribution in [0.25, 0.3) is 0 Å². The van der Waals surface area contributed by atoms with Gasteiger partial charge in [0.2, 0.25) is 0 Å². The molecule has 1 saturated heterocycles. The Kier molecular flexibility index (Phi) is 8.93. The van der Waals surface area contributed by atoms with E-state index in [2.05, 4.69) is 36.2 Å². The number of carbonyl (C=O) groups is 1. The Morgan fingerprint density at radius 3 is 2.65 bits per heavy atom. The molecule has 0 bridgehead atoms. The molecule has 1 heterocycles. The van der Waals surface area contributed by atoms with E-state index in [0.29, 0.717) is 18.5 Å². The maximum Gasteiger partial charge on any atom is 0.307 e. The molecule has 34 heavy (non-hydrogen) atoms. The largest absolute Gasteiger partial charge is 0.490 e. The van der Waals surface area contributed by atoms with E-state index in [-0.39, 0.29) is 30.4 Å². The molecule has 3 rings (SSSR count). The number of nitrogens with one attached hydrogen (secondary N) is 1. The number of piperidine rings is 1. The maximum atomic E-state index is 13.5. The molecule has 2 aromatic rings. The molecule has 186 valence electrons. The van der Waals surface area contributed by atoms with Crippen molar-refractivity contribution in [1.82, 2.24) is 10.2 Å². The molecule has 0 radical (unpaired) electrons. The molecule has 6 nitrogen and oxygen atoms in total. The van der Waals surface area contributed by atoms with Gasteiger partial charge in [0.1, 0.15) is 23.8 Å². The van der Waals surface area contributed by atoms with Gasteiger partial charge in [0.05, 0.1) is 6.42 Å². The number of ether oxygens (including phenoxy) is 1. The molecule has 0 saturated carbocycles. The first kappa shape index (κ1) is 26.4. The van der Waals surface area contributed by atoms with Crippen LogP contribution in [0.15, 0.2) is 42.5 Å². The Bertz CT molecular complexity index is 970.